The van der Waals surface area contributed by atoms with E-state index in [2.05, 4.69) is 10.2 Å². The third-order valence-electron chi connectivity index (χ3n) is 7.01. The van der Waals surface area contributed by atoms with Gasteiger partial charge in [0.2, 0.25) is 0 Å². The van der Waals surface area contributed by atoms with Gasteiger partial charge in [0.05, 0.1) is 33.8 Å². The summed E-state index contributed by atoms with van der Waals surface area (Å²) in [6.45, 7) is 2.01. The zero-order chi connectivity index (χ0) is 27.4. The quantitative estimate of drug-likeness (QED) is 0.238. The van der Waals surface area contributed by atoms with E-state index in [9.17, 15) is 4.39 Å². The van der Waals surface area contributed by atoms with Crippen molar-refractivity contribution in [2.75, 3.05) is 10.2 Å². The van der Waals surface area contributed by atoms with Crippen molar-refractivity contribution in [1.29, 1.82) is 0 Å². The smallest absolute Gasteiger partial charge is 0.179 e. The number of fused-ring (bicyclic) bond motifs is 4. The van der Waals surface area contributed by atoms with E-state index in [1.165, 1.54) is 12.1 Å². The number of anilines is 2. The van der Waals surface area contributed by atoms with Gasteiger partial charge in [-0.1, -0.05) is 65.7 Å². The highest BCUT2D eigenvalue weighted by atomic mass is 35.5. The molecule has 9 heteroatoms. The Hall–Kier alpha value is -4.46. The molecule has 0 amide bonds. The average Bonchev–Trinajstić information content (AvgIpc) is 3.31. The Morgan fingerprint density at radius 3 is 2.38 bits per heavy atom. The van der Waals surface area contributed by atoms with Gasteiger partial charge < -0.3 is 10.2 Å². The second kappa shape index (κ2) is 9.62. The highest BCUT2D eigenvalue weighted by Crippen LogP contribution is 2.48. The number of hydrogen-bond acceptors (Lipinski definition) is 5. The summed E-state index contributed by atoms with van der Waals surface area (Å²) >= 11 is 12.4. The number of aryl methyl sites for hydroxylation is 1. The van der Waals surface area contributed by atoms with E-state index in [1.807, 2.05) is 90.5 Å². The minimum absolute atomic E-state index is 0.0170. The van der Waals surface area contributed by atoms with Crippen LogP contribution in [0.5, 0.6) is 0 Å². The lowest BCUT2D eigenvalue weighted by atomic mass is 9.93. The fourth-order valence-electron chi connectivity index (χ4n) is 5.22. The standard InChI is InChI=1S/C31H21Cl2FN6/c1-18-27-28(19-11-13-20(32)14-12-19)39-26-10-6-5-9-25(26)36-29(35-21-15-16-24(34)23(33)17-21)31(39)37-30(27)40(38-18)22-7-3-2-4-8-22/h2-17,28H,1H3,(H,35,36)/t28-/m1/s1. The first-order chi connectivity index (χ1) is 19.5. The molecule has 5 aromatic rings. The lowest BCUT2D eigenvalue weighted by Crippen LogP contribution is -2.46. The number of nitrogens with zero attached hydrogens (tertiary/aromatic N) is 5. The summed E-state index contributed by atoms with van der Waals surface area (Å²) < 4.78 is 15.8. The molecule has 0 unspecified atom stereocenters. The van der Waals surface area contributed by atoms with Crippen LogP contribution in [0.1, 0.15) is 22.9 Å². The molecule has 0 fully saturated rings. The summed E-state index contributed by atoms with van der Waals surface area (Å²) in [6, 6.07) is 29.9. The number of amidine groups is 2. The molecule has 7 rings (SSSR count). The van der Waals surface area contributed by atoms with E-state index in [0.717, 1.165) is 33.9 Å². The van der Waals surface area contributed by atoms with Crippen LogP contribution in [0.25, 0.3) is 5.69 Å². The molecule has 196 valence electrons. The Balaban J connectivity index is 1.49. The Kier molecular flexibility index (Phi) is 5.91. The van der Waals surface area contributed by atoms with Gasteiger partial charge in [-0.15, -0.1) is 0 Å². The number of rotatable bonds is 3. The van der Waals surface area contributed by atoms with Crippen LogP contribution < -0.4 is 10.2 Å². The van der Waals surface area contributed by atoms with Gasteiger partial charge in [-0.3, -0.25) is 0 Å². The monoisotopic (exact) mass is 566 g/mol. The SMILES string of the molecule is Cc1nn(-c2ccccc2)c2c1[C@@H](c1ccc(Cl)cc1)N1C(=N2)C(Nc2ccc(F)c(Cl)c2)=Nc2ccccc21. The maximum absolute atomic E-state index is 13.9. The van der Waals surface area contributed by atoms with Crippen molar-refractivity contribution in [3.63, 3.8) is 0 Å². The van der Waals surface area contributed by atoms with Gasteiger partial charge in [-0.25, -0.2) is 19.1 Å². The molecule has 2 aliphatic heterocycles. The Bertz CT molecular complexity index is 1830. The third-order valence-corrected chi connectivity index (χ3v) is 7.55. The molecule has 0 bridgehead atoms. The van der Waals surface area contributed by atoms with Crippen molar-refractivity contribution in [3.05, 3.63) is 130 Å². The topological polar surface area (TPSA) is 57.8 Å². The normalized spacial score (nSPS) is 15.5. The first kappa shape index (κ1) is 24.6. The van der Waals surface area contributed by atoms with E-state index in [4.69, 9.17) is 38.3 Å². The van der Waals surface area contributed by atoms with Crippen molar-refractivity contribution < 1.29 is 4.39 Å². The van der Waals surface area contributed by atoms with E-state index in [0.29, 0.717) is 28.2 Å². The molecule has 0 saturated carbocycles. The molecule has 0 saturated heterocycles. The van der Waals surface area contributed by atoms with Crippen LogP contribution in [0.3, 0.4) is 0 Å². The Morgan fingerprint density at radius 2 is 1.60 bits per heavy atom. The summed E-state index contributed by atoms with van der Waals surface area (Å²) in [5.74, 6) is 1.32. The Morgan fingerprint density at radius 1 is 0.850 bits per heavy atom. The summed E-state index contributed by atoms with van der Waals surface area (Å²) in [5.41, 5.74) is 6.03. The molecule has 2 aliphatic rings. The maximum atomic E-state index is 13.9. The molecule has 1 atom stereocenters. The second-order valence-electron chi connectivity index (χ2n) is 9.53. The molecular weight excluding hydrogens is 546 g/mol. The number of benzene rings is 4. The van der Waals surface area contributed by atoms with Crippen LogP contribution in [0.2, 0.25) is 10.0 Å². The van der Waals surface area contributed by atoms with Crippen LogP contribution >= 0.6 is 23.2 Å². The fourth-order valence-corrected chi connectivity index (χ4v) is 5.52. The summed E-state index contributed by atoms with van der Waals surface area (Å²) in [4.78, 5) is 12.3. The van der Waals surface area contributed by atoms with E-state index < -0.39 is 5.82 Å². The predicted molar refractivity (Wildman–Crippen MR) is 160 cm³/mol. The van der Waals surface area contributed by atoms with Gasteiger partial charge >= 0.3 is 0 Å². The van der Waals surface area contributed by atoms with Crippen molar-refractivity contribution in [2.45, 2.75) is 13.0 Å². The minimum atomic E-state index is -0.491. The molecule has 0 aliphatic carbocycles. The summed E-state index contributed by atoms with van der Waals surface area (Å²) in [6.07, 6.45) is 0. The lowest BCUT2D eigenvalue weighted by molar-refractivity contribution is 0.628. The zero-order valence-electron chi connectivity index (χ0n) is 21.2. The van der Waals surface area contributed by atoms with Gasteiger partial charge in [0.25, 0.3) is 0 Å². The van der Waals surface area contributed by atoms with E-state index in [-0.39, 0.29) is 11.1 Å². The fraction of sp³-hybridized carbons (Fsp3) is 0.0645. The first-order valence-corrected chi connectivity index (χ1v) is 13.4. The molecule has 40 heavy (non-hydrogen) atoms. The van der Waals surface area contributed by atoms with E-state index in [1.54, 1.807) is 6.07 Å². The Labute approximate surface area is 240 Å². The molecule has 6 nitrogen and oxygen atoms in total. The molecule has 1 N–H and O–H groups in total. The van der Waals surface area contributed by atoms with Crippen LogP contribution in [0.4, 0.5) is 27.3 Å². The molecule has 0 spiro atoms. The summed E-state index contributed by atoms with van der Waals surface area (Å²) in [5, 5.41) is 8.95. The summed E-state index contributed by atoms with van der Waals surface area (Å²) in [7, 11) is 0. The highest BCUT2D eigenvalue weighted by Gasteiger charge is 2.41. The van der Waals surface area contributed by atoms with Gasteiger partial charge in [-0.2, -0.15) is 5.10 Å². The van der Waals surface area contributed by atoms with Gasteiger partial charge in [0, 0.05) is 16.3 Å². The van der Waals surface area contributed by atoms with E-state index >= 15 is 0 Å². The second-order valence-corrected chi connectivity index (χ2v) is 10.4. The lowest BCUT2D eigenvalue weighted by Gasteiger charge is -2.40. The van der Waals surface area contributed by atoms with Crippen molar-refractivity contribution in [3.8, 4) is 5.69 Å². The maximum Gasteiger partial charge on any atom is 0.179 e. The van der Waals surface area contributed by atoms with Crippen LogP contribution in [-0.2, 0) is 0 Å². The number of para-hydroxylation sites is 3. The molecule has 0 radical (unpaired) electrons. The number of hydrogen-bond donors (Lipinski definition) is 1. The molecule has 3 heterocycles. The number of nitrogens with one attached hydrogen (secondary N) is 1. The molecular formula is C31H21Cl2FN6. The molecule has 1 aromatic heterocycles. The van der Waals surface area contributed by atoms with Gasteiger partial charge in [0.15, 0.2) is 17.5 Å². The van der Waals surface area contributed by atoms with Crippen molar-refractivity contribution in [1.82, 2.24) is 9.78 Å². The van der Waals surface area contributed by atoms with Crippen LogP contribution in [0.15, 0.2) is 107 Å². The minimum Gasteiger partial charge on any atom is -0.337 e. The number of halogens is 3. The molecule has 4 aromatic carbocycles. The number of aliphatic imine (C=N–C) groups is 2. The predicted octanol–water partition coefficient (Wildman–Crippen LogP) is 8.42. The third kappa shape index (κ3) is 4.06. The average molecular weight is 567 g/mol. The zero-order valence-corrected chi connectivity index (χ0v) is 22.7. The first-order valence-electron chi connectivity index (χ1n) is 12.7. The van der Waals surface area contributed by atoms with Gasteiger partial charge in [-0.05, 0) is 67.1 Å². The van der Waals surface area contributed by atoms with Crippen molar-refractivity contribution in [2.24, 2.45) is 9.98 Å². The largest absolute Gasteiger partial charge is 0.337 e. The van der Waals surface area contributed by atoms with Crippen LogP contribution in [-0.4, -0.2) is 21.5 Å². The van der Waals surface area contributed by atoms with Crippen LogP contribution in [0, 0.1) is 12.7 Å². The van der Waals surface area contributed by atoms with Crippen molar-refractivity contribution >= 4 is 57.8 Å². The van der Waals surface area contributed by atoms with Gasteiger partial charge in [0.1, 0.15) is 5.82 Å². The number of aromatic nitrogens is 2. The highest BCUT2D eigenvalue weighted by molar-refractivity contribution is 6.51.